The van der Waals surface area contributed by atoms with Crippen molar-refractivity contribution in [3.63, 3.8) is 0 Å². The second-order valence-electron chi connectivity index (χ2n) is 5.59. The Bertz CT molecular complexity index is 496. The highest BCUT2D eigenvalue weighted by molar-refractivity contribution is 7.18. The van der Waals surface area contributed by atoms with Crippen LogP contribution in [0.2, 0.25) is 0 Å². The van der Waals surface area contributed by atoms with Crippen molar-refractivity contribution in [2.75, 3.05) is 37.2 Å². The monoisotopic (exact) mass is 310 g/mol. The summed E-state index contributed by atoms with van der Waals surface area (Å²) in [7, 11) is 0. The summed E-state index contributed by atoms with van der Waals surface area (Å²) in [5.41, 5.74) is 13.2. The van der Waals surface area contributed by atoms with Gasteiger partial charge in [0.15, 0.2) is 0 Å². The zero-order valence-corrected chi connectivity index (χ0v) is 13.8. The van der Waals surface area contributed by atoms with Crippen LogP contribution in [0.5, 0.6) is 0 Å². The van der Waals surface area contributed by atoms with Crippen LogP contribution in [0.1, 0.15) is 54.3 Å². The molecule has 1 heterocycles. The molecule has 0 radical (unpaired) electrons. The Morgan fingerprint density at radius 2 is 2.10 bits per heavy atom. The Hall–Kier alpha value is -1.27. The van der Waals surface area contributed by atoms with Crippen molar-refractivity contribution in [3.8, 4) is 0 Å². The van der Waals surface area contributed by atoms with Crippen LogP contribution in [0, 0.1) is 0 Å². The third kappa shape index (κ3) is 3.89. The van der Waals surface area contributed by atoms with Crippen LogP contribution in [-0.2, 0) is 0 Å². The number of hydrogen-bond acceptors (Lipinski definition) is 5. The molecular weight excluding hydrogens is 284 g/mol. The summed E-state index contributed by atoms with van der Waals surface area (Å²) in [5.74, 6) is 0.0865. The van der Waals surface area contributed by atoms with E-state index >= 15 is 0 Å². The minimum Gasteiger partial charge on any atom is -0.397 e. The molecule has 0 aromatic carbocycles. The second-order valence-corrected chi connectivity index (χ2v) is 6.61. The Kier molecular flexibility index (Phi) is 5.47. The number of thiophene rings is 1. The highest BCUT2D eigenvalue weighted by Crippen LogP contribution is 2.50. The number of nitrogens with two attached hydrogens (primary N) is 2. The van der Waals surface area contributed by atoms with Crippen LogP contribution in [0.3, 0.4) is 0 Å². The van der Waals surface area contributed by atoms with E-state index in [4.69, 9.17) is 11.5 Å². The molecule has 5 N–H and O–H groups in total. The van der Waals surface area contributed by atoms with E-state index in [0.717, 1.165) is 49.6 Å². The van der Waals surface area contributed by atoms with E-state index in [2.05, 4.69) is 24.1 Å². The highest BCUT2D eigenvalue weighted by Gasteiger charge is 2.32. The molecule has 1 aromatic rings. The van der Waals surface area contributed by atoms with Crippen molar-refractivity contribution >= 4 is 27.9 Å². The van der Waals surface area contributed by atoms with E-state index in [-0.39, 0.29) is 0 Å². The zero-order chi connectivity index (χ0) is 15.4. The molecule has 2 rings (SSSR count). The molecule has 6 heteroatoms. The molecule has 118 valence electrons. The number of carbonyl (C=O) groups is 1. The Balaban J connectivity index is 2.02. The maximum absolute atomic E-state index is 11.5. The van der Waals surface area contributed by atoms with Gasteiger partial charge in [-0.15, -0.1) is 11.3 Å². The van der Waals surface area contributed by atoms with Gasteiger partial charge in [0, 0.05) is 18.7 Å². The van der Waals surface area contributed by atoms with Crippen LogP contribution in [0.4, 0.5) is 10.7 Å². The number of nitrogens with one attached hydrogen (secondary N) is 1. The smallest absolute Gasteiger partial charge is 0.260 e. The number of carbonyl (C=O) groups excluding carboxylic acids is 1. The van der Waals surface area contributed by atoms with E-state index in [0.29, 0.717) is 16.5 Å². The molecule has 1 saturated carbocycles. The fraction of sp³-hybridized carbons (Fsp3) is 0.667. The van der Waals surface area contributed by atoms with E-state index < -0.39 is 5.91 Å². The number of hydrogen-bond donors (Lipinski definition) is 3. The number of nitrogen functional groups attached to an aromatic ring is 1. The van der Waals surface area contributed by atoms with E-state index in [1.807, 2.05) is 0 Å². The number of likely N-dealkylation sites (N-methyl/N-ethyl adjacent to an activating group) is 1. The second kappa shape index (κ2) is 7.13. The Morgan fingerprint density at radius 3 is 2.62 bits per heavy atom. The highest BCUT2D eigenvalue weighted by atomic mass is 32.1. The summed E-state index contributed by atoms with van der Waals surface area (Å²) in [6.07, 6.45) is 3.48. The van der Waals surface area contributed by atoms with Crippen molar-refractivity contribution in [2.24, 2.45) is 5.73 Å². The van der Waals surface area contributed by atoms with E-state index in [9.17, 15) is 4.79 Å². The fourth-order valence-electron chi connectivity index (χ4n) is 2.62. The molecule has 1 aromatic heterocycles. The molecule has 1 fully saturated rings. The molecule has 0 unspecified atom stereocenters. The number of primary amides is 1. The largest absolute Gasteiger partial charge is 0.397 e. The van der Waals surface area contributed by atoms with Crippen molar-refractivity contribution in [1.82, 2.24) is 4.90 Å². The molecular formula is C15H26N4OS. The molecule has 1 amide bonds. The molecule has 1 aliphatic rings. The third-order valence-electron chi connectivity index (χ3n) is 3.89. The molecule has 5 nitrogen and oxygen atoms in total. The van der Waals surface area contributed by atoms with Crippen molar-refractivity contribution in [3.05, 3.63) is 10.4 Å². The molecule has 0 aliphatic heterocycles. The van der Waals surface area contributed by atoms with Gasteiger partial charge in [0.2, 0.25) is 0 Å². The zero-order valence-electron chi connectivity index (χ0n) is 12.9. The summed E-state index contributed by atoms with van der Waals surface area (Å²) in [6.45, 7) is 8.42. The first-order valence-electron chi connectivity index (χ1n) is 7.76. The van der Waals surface area contributed by atoms with Gasteiger partial charge in [0.25, 0.3) is 5.91 Å². The topological polar surface area (TPSA) is 84.4 Å². The lowest BCUT2D eigenvalue weighted by atomic mass is 10.1. The van der Waals surface area contributed by atoms with E-state index in [1.54, 1.807) is 0 Å². The lowest BCUT2D eigenvalue weighted by Gasteiger charge is -2.19. The molecule has 0 atom stereocenters. The van der Waals surface area contributed by atoms with Crippen LogP contribution >= 0.6 is 11.3 Å². The number of nitrogens with zero attached hydrogens (tertiary/aromatic N) is 1. The van der Waals surface area contributed by atoms with Crippen LogP contribution in [-0.4, -0.2) is 37.0 Å². The number of rotatable bonds is 9. The predicted molar refractivity (Wildman–Crippen MR) is 90.1 cm³/mol. The average Bonchev–Trinajstić information content (AvgIpc) is 3.22. The van der Waals surface area contributed by atoms with Crippen LogP contribution in [0.25, 0.3) is 0 Å². The standard InChI is InChI=1S/C15H26N4OS/c1-3-8-19(4-2)9-7-18-15-11(10-5-6-10)12(16)13(21-15)14(17)20/h10,18H,3-9,16H2,1-2H3,(H2,17,20). The van der Waals surface area contributed by atoms with Crippen LogP contribution < -0.4 is 16.8 Å². The van der Waals surface area contributed by atoms with Gasteiger partial charge in [0.05, 0.1) is 10.7 Å². The fourth-order valence-corrected chi connectivity index (χ4v) is 3.71. The molecule has 1 aliphatic carbocycles. The van der Waals surface area contributed by atoms with E-state index in [1.165, 1.54) is 17.8 Å². The number of anilines is 2. The summed E-state index contributed by atoms with van der Waals surface area (Å²) < 4.78 is 0. The Labute approximate surface area is 130 Å². The molecule has 0 spiro atoms. The van der Waals surface area contributed by atoms with Gasteiger partial charge in [-0.05, 0) is 38.3 Å². The van der Waals surface area contributed by atoms with Gasteiger partial charge in [-0.3, -0.25) is 4.79 Å². The first-order valence-corrected chi connectivity index (χ1v) is 8.58. The summed E-state index contributed by atoms with van der Waals surface area (Å²) in [5, 5.41) is 4.50. The average molecular weight is 310 g/mol. The van der Waals surface area contributed by atoms with Gasteiger partial charge < -0.3 is 21.7 Å². The minimum absolute atomic E-state index is 0.423. The minimum atomic E-state index is -0.423. The Morgan fingerprint density at radius 1 is 1.38 bits per heavy atom. The normalized spacial score (nSPS) is 14.6. The lowest BCUT2D eigenvalue weighted by Crippen LogP contribution is -2.29. The third-order valence-corrected chi connectivity index (χ3v) is 5.09. The molecule has 0 bridgehead atoms. The van der Waals surface area contributed by atoms with Gasteiger partial charge in [-0.1, -0.05) is 13.8 Å². The first kappa shape index (κ1) is 16.1. The lowest BCUT2D eigenvalue weighted by molar-refractivity contribution is 0.100. The first-order chi connectivity index (χ1) is 10.1. The predicted octanol–water partition coefficient (Wildman–Crippen LogP) is 2.45. The maximum Gasteiger partial charge on any atom is 0.260 e. The molecule has 0 saturated heterocycles. The van der Waals surface area contributed by atoms with Gasteiger partial charge in [-0.2, -0.15) is 0 Å². The van der Waals surface area contributed by atoms with Gasteiger partial charge >= 0.3 is 0 Å². The van der Waals surface area contributed by atoms with Gasteiger partial charge in [0.1, 0.15) is 4.88 Å². The maximum atomic E-state index is 11.5. The van der Waals surface area contributed by atoms with Crippen LogP contribution in [0.15, 0.2) is 0 Å². The summed E-state index contributed by atoms with van der Waals surface area (Å²) in [6, 6.07) is 0. The summed E-state index contributed by atoms with van der Waals surface area (Å²) >= 11 is 1.41. The van der Waals surface area contributed by atoms with Crippen molar-refractivity contribution in [1.29, 1.82) is 0 Å². The quantitative estimate of drug-likeness (QED) is 0.654. The van der Waals surface area contributed by atoms with Gasteiger partial charge in [-0.25, -0.2) is 0 Å². The summed E-state index contributed by atoms with van der Waals surface area (Å²) in [4.78, 5) is 14.4. The molecule has 21 heavy (non-hydrogen) atoms. The van der Waals surface area contributed by atoms with Crippen molar-refractivity contribution in [2.45, 2.75) is 39.0 Å². The SMILES string of the molecule is CCCN(CC)CCNc1sc(C(N)=O)c(N)c1C1CC1. The number of amides is 1. The van der Waals surface area contributed by atoms with Crippen molar-refractivity contribution < 1.29 is 4.79 Å².